The summed E-state index contributed by atoms with van der Waals surface area (Å²) in [6.45, 7) is 6.15. The SMILES string of the molecule is Cc1cc(O)c(C(C)C)cc1-c1cccc(Cl)c1. The third kappa shape index (κ3) is 2.51. The summed E-state index contributed by atoms with van der Waals surface area (Å²) in [5.41, 5.74) is 4.23. The van der Waals surface area contributed by atoms with E-state index in [1.807, 2.05) is 37.3 Å². The molecular weight excluding hydrogens is 244 g/mol. The van der Waals surface area contributed by atoms with E-state index in [0.29, 0.717) is 11.7 Å². The van der Waals surface area contributed by atoms with Gasteiger partial charge in [0.25, 0.3) is 0 Å². The normalized spacial score (nSPS) is 10.9. The molecule has 1 nitrogen and oxygen atoms in total. The van der Waals surface area contributed by atoms with Crippen LogP contribution >= 0.6 is 11.6 Å². The van der Waals surface area contributed by atoms with E-state index in [0.717, 1.165) is 27.3 Å². The van der Waals surface area contributed by atoms with Crippen LogP contribution in [0.25, 0.3) is 11.1 Å². The molecule has 2 heteroatoms. The summed E-state index contributed by atoms with van der Waals surface area (Å²) in [5.74, 6) is 0.664. The summed E-state index contributed by atoms with van der Waals surface area (Å²) >= 11 is 6.03. The number of phenolic OH excluding ortho intramolecular Hbond substituents is 1. The standard InChI is InChI=1S/C16H17ClO/c1-10(2)14-9-15(11(3)7-16(14)18)12-5-4-6-13(17)8-12/h4-10,18H,1-3H3. The molecule has 0 aliphatic carbocycles. The number of hydrogen-bond donors (Lipinski definition) is 1. The predicted octanol–water partition coefficient (Wildman–Crippen LogP) is 5.14. The van der Waals surface area contributed by atoms with Crippen LogP contribution in [0.1, 0.15) is 30.9 Å². The number of benzene rings is 2. The fourth-order valence-electron chi connectivity index (χ4n) is 2.14. The molecule has 0 heterocycles. The molecule has 0 bridgehead atoms. The molecule has 1 N–H and O–H groups in total. The van der Waals surface area contributed by atoms with Crippen molar-refractivity contribution in [2.75, 3.05) is 0 Å². The highest BCUT2D eigenvalue weighted by Crippen LogP contribution is 2.34. The van der Waals surface area contributed by atoms with Crippen LogP contribution < -0.4 is 0 Å². The number of aryl methyl sites for hydroxylation is 1. The molecule has 0 saturated carbocycles. The smallest absolute Gasteiger partial charge is 0.119 e. The van der Waals surface area contributed by atoms with Crippen molar-refractivity contribution < 1.29 is 5.11 Å². The summed E-state index contributed by atoms with van der Waals surface area (Å²) in [7, 11) is 0. The van der Waals surface area contributed by atoms with Crippen LogP contribution in [0.4, 0.5) is 0 Å². The van der Waals surface area contributed by atoms with Crippen molar-refractivity contribution in [3.8, 4) is 16.9 Å². The predicted molar refractivity (Wildman–Crippen MR) is 77.4 cm³/mol. The van der Waals surface area contributed by atoms with Gasteiger partial charge in [-0.1, -0.05) is 37.6 Å². The number of aromatic hydroxyl groups is 1. The van der Waals surface area contributed by atoms with Crippen molar-refractivity contribution in [1.82, 2.24) is 0 Å². The van der Waals surface area contributed by atoms with Crippen LogP contribution in [0.15, 0.2) is 36.4 Å². The number of hydrogen-bond acceptors (Lipinski definition) is 1. The van der Waals surface area contributed by atoms with E-state index in [1.54, 1.807) is 0 Å². The Kier molecular flexibility index (Phi) is 3.63. The molecule has 0 radical (unpaired) electrons. The Morgan fingerprint density at radius 3 is 2.44 bits per heavy atom. The average Bonchev–Trinajstić information content (AvgIpc) is 2.28. The highest BCUT2D eigenvalue weighted by atomic mass is 35.5. The number of phenols is 1. The van der Waals surface area contributed by atoms with Gasteiger partial charge >= 0.3 is 0 Å². The maximum atomic E-state index is 9.96. The highest BCUT2D eigenvalue weighted by Gasteiger charge is 2.11. The van der Waals surface area contributed by atoms with Gasteiger partial charge in [-0.15, -0.1) is 0 Å². The first-order valence-corrected chi connectivity index (χ1v) is 6.46. The molecule has 2 rings (SSSR count). The first-order chi connectivity index (χ1) is 8.49. The zero-order chi connectivity index (χ0) is 13.3. The summed E-state index contributed by atoms with van der Waals surface area (Å²) in [4.78, 5) is 0. The molecule has 2 aromatic carbocycles. The Bertz CT molecular complexity index is 573. The fraction of sp³-hybridized carbons (Fsp3) is 0.250. The van der Waals surface area contributed by atoms with Crippen molar-refractivity contribution in [3.05, 3.63) is 52.5 Å². The molecule has 0 atom stereocenters. The molecule has 0 amide bonds. The van der Waals surface area contributed by atoms with E-state index in [1.165, 1.54) is 0 Å². The van der Waals surface area contributed by atoms with E-state index >= 15 is 0 Å². The van der Waals surface area contributed by atoms with Gasteiger partial charge in [-0.25, -0.2) is 0 Å². The summed E-state index contributed by atoms with van der Waals surface area (Å²) in [5, 5.41) is 10.7. The Labute approximate surface area is 113 Å². The fourth-order valence-corrected chi connectivity index (χ4v) is 2.33. The van der Waals surface area contributed by atoms with E-state index in [4.69, 9.17) is 11.6 Å². The van der Waals surface area contributed by atoms with Gasteiger partial charge in [0.15, 0.2) is 0 Å². The third-order valence-electron chi connectivity index (χ3n) is 3.13. The van der Waals surface area contributed by atoms with Gasteiger partial charge in [0.1, 0.15) is 5.75 Å². The minimum atomic E-state index is 0.295. The quantitative estimate of drug-likeness (QED) is 0.792. The lowest BCUT2D eigenvalue weighted by molar-refractivity contribution is 0.464. The van der Waals surface area contributed by atoms with Gasteiger partial charge in [0.2, 0.25) is 0 Å². The van der Waals surface area contributed by atoms with Gasteiger partial charge < -0.3 is 5.11 Å². The van der Waals surface area contributed by atoms with Gasteiger partial charge in [-0.2, -0.15) is 0 Å². The minimum Gasteiger partial charge on any atom is -0.508 e. The Hall–Kier alpha value is -1.47. The minimum absolute atomic E-state index is 0.295. The van der Waals surface area contributed by atoms with Gasteiger partial charge in [-0.05, 0) is 59.4 Å². The molecule has 0 unspecified atom stereocenters. The van der Waals surface area contributed by atoms with E-state index in [9.17, 15) is 5.11 Å². The average molecular weight is 261 g/mol. The molecule has 0 aliphatic rings. The molecule has 0 aliphatic heterocycles. The Morgan fingerprint density at radius 1 is 1.11 bits per heavy atom. The molecule has 0 fully saturated rings. The van der Waals surface area contributed by atoms with Crippen LogP contribution in [-0.2, 0) is 0 Å². The molecule has 0 aromatic heterocycles. The van der Waals surface area contributed by atoms with Crippen molar-refractivity contribution in [2.45, 2.75) is 26.7 Å². The summed E-state index contributed by atoms with van der Waals surface area (Å²) in [6.07, 6.45) is 0. The second-order valence-electron chi connectivity index (χ2n) is 4.89. The van der Waals surface area contributed by atoms with E-state index in [2.05, 4.69) is 19.9 Å². The topological polar surface area (TPSA) is 20.2 Å². The van der Waals surface area contributed by atoms with Crippen LogP contribution in [-0.4, -0.2) is 5.11 Å². The lowest BCUT2D eigenvalue weighted by Crippen LogP contribution is -1.92. The third-order valence-corrected chi connectivity index (χ3v) is 3.37. The molecule has 2 aromatic rings. The Balaban J connectivity index is 2.60. The van der Waals surface area contributed by atoms with E-state index < -0.39 is 0 Å². The van der Waals surface area contributed by atoms with Gasteiger partial charge in [0.05, 0.1) is 0 Å². The monoisotopic (exact) mass is 260 g/mol. The van der Waals surface area contributed by atoms with Crippen LogP contribution in [0.3, 0.4) is 0 Å². The maximum Gasteiger partial charge on any atom is 0.119 e. The van der Waals surface area contributed by atoms with E-state index in [-0.39, 0.29) is 0 Å². The van der Waals surface area contributed by atoms with Crippen molar-refractivity contribution in [2.24, 2.45) is 0 Å². The number of rotatable bonds is 2. The zero-order valence-electron chi connectivity index (χ0n) is 10.9. The Morgan fingerprint density at radius 2 is 1.83 bits per heavy atom. The van der Waals surface area contributed by atoms with Gasteiger partial charge in [0, 0.05) is 5.02 Å². The maximum absolute atomic E-state index is 9.96. The van der Waals surface area contributed by atoms with Crippen LogP contribution in [0.5, 0.6) is 5.75 Å². The van der Waals surface area contributed by atoms with Crippen molar-refractivity contribution >= 4 is 11.6 Å². The highest BCUT2D eigenvalue weighted by molar-refractivity contribution is 6.30. The molecule has 0 saturated heterocycles. The number of halogens is 1. The van der Waals surface area contributed by atoms with Crippen LogP contribution in [0.2, 0.25) is 5.02 Å². The second kappa shape index (κ2) is 5.03. The lowest BCUT2D eigenvalue weighted by atomic mass is 9.93. The lowest BCUT2D eigenvalue weighted by Gasteiger charge is -2.14. The van der Waals surface area contributed by atoms with Gasteiger partial charge in [-0.3, -0.25) is 0 Å². The first kappa shape index (κ1) is 13.0. The van der Waals surface area contributed by atoms with Crippen molar-refractivity contribution in [1.29, 1.82) is 0 Å². The zero-order valence-corrected chi connectivity index (χ0v) is 11.6. The summed E-state index contributed by atoms with van der Waals surface area (Å²) < 4.78 is 0. The molecular formula is C16H17ClO. The largest absolute Gasteiger partial charge is 0.508 e. The molecule has 18 heavy (non-hydrogen) atoms. The van der Waals surface area contributed by atoms with Crippen molar-refractivity contribution in [3.63, 3.8) is 0 Å². The second-order valence-corrected chi connectivity index (χ2v) is 5.33. The first-order valence-electron chi connectivity index (χ1n) is 6.08. The molecule has 94 valence electrons. The summed E-state index contributed by atoms with van der Waals surface area (Å²) in [6, 6.07) is 11.7. The molecule has 0 spiro atoms. The van der Waals surface area contributed by atoms with Crippen LogP contribution in [0, 0.1) is 6.92 Å².